The van der Waals surface area contributed by atoms with Crippen LogP contribution >= 0.6 is 0 Å². The van der Waals surface area contributed by atoms with Crippen LogP contribution in [0.5, 0.6) is 5.75 Å². The van der Waals surface area contributed by atoms with Crippen LogP contribution in [0.15, 0.2) is 54.6 Å². The van der Waals surface area contributed by atoms with Crippen LogP contribution in [-0.2, 0) is 0 Å². The third-order valence-corrected chi connectivity index (χ3v) is 3.32. The Morgan fingerprint density at radius 2 is 1.62 bits per heavy atom. The molecular weight excluding hydrogens is 258 g/mol. The fourth-order valence-corrected chi connectivity index (χ4v) is 2.42. The molecule has 2 aromatic carbocycles. The van der Waals surface area contributed by atoms with Crippen molar-refractivity contribution in [3.8, 4) is 5.75 Å². The highest BCUT2D eigenvalue weighted by Crippen LogP contribution is 2.30. The van der Waals surface area contributed by atoms with Crippen molar-refractivity contribution in [2.75, 3.05) is 6.54 Å². The number of benzene rings is 2. The first-order valence-electron chi connectivity index (χ1n) is 7.76. The Hall–Kier alpha value is -1.80. The number of hydrogen-bond acceptors (Lipinski definition) is 2. The van der Waals surface area contributed by atoms with E-state index in [1.807, 2.05) is 6.07 Å². The fourth-order valence-electron chi connectivity index (χ4n) is 2.42. The SMILES string of the molecule is CCCNC(c1ccccc1)c1ccccc1OC(C)C. The van der Waals surface area contributed by atoms with E-state index in [2.05, 4.69) is 74.6 Å². The van der Waals surface area contributed by atoms with E-state index in [9.17, 15) is 0 Å². The average molecular weight is 283 g/mol. The summed E-state index contributed by atoms with van der Waals surface area (Å²) >= 11 is 0. The second kappa shape index (κ2) is 7.84. The van der Waals surface area contributed by atoms with Gasteiger partial charge >= 0.3 is 0 Å². The standard InChI is InChI=1S/C19H25NO/c1-4-14-20-19(16-10-6-5-7-11-16)17-12-8-9-13-18(17)21-15(2)3/h5-13,15,19-20H,4,14H2,1-3H3. The van der Waals surface area contributed by atoms with Crippen molar-refractivity contribution >= 4 is 0 Å². The van der Waals surface area contributed by atoms with Gasteiger partial charge in [0.2, 0.25) is 0 Å². The van der Waals surface area contributed by atoms with Gasteiger partial charge in [0.25, 0.3) is 0 Å². The van der Waals surface area contributed by atoms with Gasteiger partial charge in [0, 0.05) is 5.56 Å². The van der Waals surface area contributed by atoms with Crippen molar-refractivity contribution in [1.29, 1.82) is 0 Å². The number of hydrogen-bond donors (Lipinski definition) is 1. The van der Waals surface area contributed by atoms with Gasteiger partial charge in [-0.15, -0.1) is 0 Å². The highest BCUT2D eigenvalue weighted by molar-refractivity contribution is 5.41. The highest BCUT2D eigenvalue weighted by atomic mass is 16.5. The summed E-state index contributed by atoms with van der Waals surface area (Å²) in [4.78, 5) is 0. The lowest BCUT2D eigenvalue weighted by molar-refractivity contribution is 0.238. The predicted octanol–water partition coefficient (Wildman–Crippen LogP) is 4.56. The minimum absolute atomic E-state index is 0.168. The molecule has 1 atom stereocenters. The van der Waals surface area contributed by atoms with E-state index in [4.69, 9.17) is 4.74 Å². The van der Waals surface area contributed by atoms with Crippen molar-refractivity contribution in [1.82, 2.24) is 5.32 Å². The molecule has 1 unspecified atom stereocenters. The van der Waals surface area contributed by atoms with Crippen molar-refractivity contribution in [3.05, 3.63) is 65.7 Å². The first kappa shape index (κ1) is 15.6. The van der Waals surface area contributed by atoms with Gasteiger partial charge in [-0.2, -0.15) is 0 Å². The van der Waals surface area contributed by atoms with Gasteiger partial charge in [-0.25, -0.2) is 0 Å². The molecule has 2 aromatic rings. The molecule has 0 radical (unpaired) electrons. The van der Waals surface area contributed by atoms with Crippen LogP contribution in [0, 0.1) is 0 Å². The van der Waals surface area contributed by atoms with Gasteiger partial charge in [0.15, 0.2) is 0 Å². The van der Waals surface area contributed by atoms with E-state index in [0.717, 1.165) is 18.7 Å². The summed E-state index contributed by atoms with van der Waals surface area (Å²) in [6.45, 7) is 7.29. The number of nitrogens with one attached hydrogen (secondary N) is 1. The molecule has 0 aliphatic heterocycles. The van der Waals surface area contributed by atoms with E-state index in [1.165, 1.54) is 11.1 Å². The monoisotopic (exact) mass is 283 g/mol. The Kier molecular flexibility index (Phi) is 5.82. The zero-order valence-electron chi connectivity index (χ0n) is 13.2. The van der Waals surface area contributed by atoms with E-state index in [0.29, 0.717) is 0 Å². The van der Waals surface area contributed by atoms with Gasteiger partial charge in [0.1, 0.15) is 5.75 Å². The maximum atomic E-state index is 5.99. The lowest BCUT2D eigenvalue weighted by atomic mass is 9.97. The normalized spacial score (nSPS) is 12.4. The van der Waals surface area contributed by atoms with Crippen LogP contribution in [-0.4, -0.2) is 12.6 Å². The third-order valence-electron chi connectivity index (χ3n) is 3.32. The molecule has 0 spiro atoms. The van der Waals surface area contributed by atoms with E-state index in [-0.39, 0.29) is 12.1 Å². The molecule has 0 saturated carbocycles. The number of para-hydroxylation sites is 1. The van der Waals surface area contributed by atoms with Crippen molar-refractivity contribution in [3.63, 3.8) is 0 Å². The Morgan fingerprint density at radius 1 is 0.952 bits per heavy atom. The summed E-state index contributed by atoms with van der Waals surface area (Å²) in [5.74, 6) is 0.963. The summed E-state index contributed by atoms with van der Waals surface area (Å²) < 4.78 is 5.99. The summed E-state index contributed by atoms with van der Waals surface area (Å²) in [5, 5.41) is 3.64. The molecule has 0 aromatic heterocycles. The molecule has 0 heterocycles. The first-order valence-corrected chi connectivity index (χ1v) is 7.76. The second-order valence-corrected chi connectivity index (χ2v) is 5.50. The summed E-state index contributed by atoms with van der Waals surface area (Å²) in [5.41, 5.74) is 2.47. The molecule has 0 aliphatic rings. The summed E-state index contributed by atoms with van der Waals surface area (Å²) in [7, 11) is 0. The highest BCUT2D eigenvalue weighted by Gasteiger charge is 2.17. The lowest BCUT2D eigenvalue weighted by Crippen LogP contribution is -2.24. The summed E-state index contributed by atoms with van der Waals surface area (Å²) in [6.07, 6.45) is 1.28. The van der Waals surface area contributed by atoms with Crippen LogP contribution in [0.3, 0.4) is 0 Å². The number of ether oxygens (including phenoxy) is 1. The smallest absolute Gasteiger partial charge is 0.124 e. The van der Waals surface area contributed by atoms with Crippen LogP contribution < -0.4 is 10.1 Å². The van der Waals surface area contributed by atoms with Gasteiger partial charge in [-0.05, 0) is 38.4 Å². The first-order chi connectivity index (χ1) is 10.2. The molecule has 1 N–H and O–H groups in total. The predicted molar refractivity (Wildman–Crippen MR) is 88.8 cm³/mol. The largest absolute Gasteiger partial charge is 0.491 e. The van der Waals surface area contributed by atoms with Gasteiger partial charge < -0.3 is 10.1 Å². The molecule has 0 amide bonds. The molecule has 2 nitrogen and oxygen atoms in total. The lowest BCUT2D eigenvalue weighted by Gasteiger charge is -2.23. The quantitative estimate of drug-likeness (QED) is 0.804. The van der Waals surface area contributed by atoms with E-state index >= 15 is 0 Å². The van der Waals surface area contributed by atoms with Gasteiger partial charge in [-0.3, -0.25) is 0 Å². The molecule has 0 bridgehead atoms. The topological polar surface area (TPSA) is 21.3 Å². The Balaban J connectivity index is 2.37. The molecule has 2 heteroatoms. The van der Waals surface area contributed by atoms with Crippen molar-refractivity contribution in [2.45, 2.75) is 39.3 Å². The van der Waals surface area contributed by atoms with E-state index in [1.54, 1.807) is 0 Å². The number of rotatable bonds is 7. The zero-order valence-corrected chi connectivity index (χ0v) is 13.2. The molecule has 2 rings (SSSR count). The third kappa shape index (κ3) is 4.33. The van der Waals surface area contributed by atoms with Crippen molar-refractivity contribution in [2.24, 2.45) is 0 Å². The molecule has 0 saturated heterocycles. The minimum atomic E-state index is 0.168. The zero-order chi connectivity index (χ0) is 15.1. The Bertz CT molecular complexity index is 536. The second-order valence-electron chi connectivity index (χ2n) is 5.50. The minimum Gasteiger partial charge on any atom is -0.491 e. The van der Waals surface area contributed by atoms with Crippen molar-refractivity contribution < 1.29 is 4.74 Å². The Labute approximate surface area is 128 Å². The van der Waals surface area contributed by atoms with Gasteiger partial charge in [0.05, 0.1) is 12.1 Å². The maximum Gasteiger partial charge on any atom is 0.124 e. The fraction of sp³-hybridized carbons (Fsp3) is 0.368. The van der Waals surface area contributed by atoms with Crippen LogP contribution in [0.2, 0.25) is 0 Å². The maximum absolute atomic E-state index is 5.99. The van der Waals surface area contributed by atoms with Crippen LogP contribution in [0.1, 0.15) is 44.4 Å². The van der Waals surface area contributed by atoms with E-state index < -0.39 is 0 Å². The Morgan fingerprint density at radius 3 is 2.29 bits per heavy atom. The molecule has 0 fully saturated rings. The molecule has 0 aliphatic carbocycles. The average Bonchev–Trinajstić information content (AvgIpc) is 2.50. The molecular formula is C19H25NO. The molecule has 21 heavy (non-hydrogen) atoms. The van der Waals surface area contributed by atoms with Gasteiger partial charge in [-0.1, -0.05) is 55.5 Å². The summed E-state index contributed by atoms with van der Waals surface area (Å²) in [6, 6.07) is 19.0. The van der Waals surface area contributed by atoms with Crippen LogP contribution in [0.25, 0.3) is 0 Å². The molecule has 112 valence electrons. The van der Waals surface area contributed by atoms with Crippen LogP contribution in [0.4, 0.5) is 0 Å².